The van der Waals surface area contributed by atoms with Crippen LogP contribution < -0.4 is 0 Å². The van der Waals surface area contributed by atoms with Gasteiger partial charge in [0.2, 0.25) is 0 Å². The summed E-state index contributed by atoms with van der Waals surface area (Å²) in [7, 11) is 0. The van der Waals surface area contributed by atoms with Crippen molar-refractivity contribution in [2.75, 3.05) is 0 Å². The van der Waals surface area contributed by atoms with E-state index in [4.69, 9.17) is 0 Å². The van der Waals surface area contributed by atoms with Crippen LogP contribution in [0, 0.1) is 18.6 Å². The first-order valence-corrected chi connectivity index (χ1v) is 8.63. The van der Waals surface area contributed by atoms with Gasteiger partial charge in [-0.05, 0) is 66.6 Å². The van der Waals surface area contributed by atoms with E-state index in [0.717, 1.165) is 29.0 Å². The molecule has 0 atom stereocenters. The van der Waals surface area contributed by atoms with E-state index in [9.17, 15) is 18.7 Å². The fourth-order valence-corrected chi connectivity index (χ4v) is 3.24. The summed E-state index contributed by atoms with van der Waals surface area (Å²) in [5.74, 6) is -2.05. The molecule has 0 radical (unpaired) electrons. The van der Waals surface area contributed by atoms with Crippen molar-refractivity contribution in [2.45, 2.75) is 6.92 Å². The van der Waals surface area contributed by atoms with Gasteiger partial charge in [0.05, 0.1) is 11.1 Å². The molecule has 3 aromatic carbocycles. The summed E-state index contributed by atoms with van der Waals surface area (Å²) in [6, 6.07) is 16.5. The Morgan fingerprint density at radius 2 is 1.79 bits per heavy atom. The second kappa shape index (κ2) is 6.85. The Kier molecular flexibility index (Phi) is 4.35. The van der Waals surface area contributed by atoms with Crippen molar-refractivity contribution >= 4 is 16.7 Å². The molecule has 1 aromatic heterocycles. The van der Waals surface area contributed by atoms with Crippen molar-refractivity contribution in [1.29, 1.82) is 0 Å². The molecule has 3 nitrogen and oxygen atoms in total. The smallest absolute Gasteiger partial charge is 0.195 e. The first-order chi connectivity index (χ1) is 13.4. The SMILES string of the molecule is Cc1cc(-c2cccc(O)c2)c2cc(C(=O)c3ccc(F)cc3F)ccc2n1. The van der Waals surface area contributed by atoms with Gasteiger partial charge in [0.1, 0.15) is 17.4 Å². The highest BCUT2D eigenvalue weighted by Crippen LogP contribution is 2.31. The maximum Gasteiger partial charge on any atom is 0.195 e. The van der Waals surface area contributed by atoms with Crippen LogP contribution in [0.5, 0.6) is 5.75 Å². The standard InChI is InChI=1S/C23H15F2NO2/c1-13-9-19(14-3-2-4-17(27)10-14)20-11-15(5-8-22(20)26-13)23(28)18-7-6-16(24)12-21(18)25/h2-12,27H,1H3. The van der Waals surface area contributed by atoms with Crippen LogP contribution in [0.2, 0.25) is 0 Å². The number of benzene rings is 3. The van der Waals surface area contributed by atoms with E-state index >= 15 is 0 Å². The van der Waals surface area contributed by atoms with Crippen LogP contribution in [0.1, 0.15) is 21.6 Å². The number of phenolic OH excluding ortho intramolecular Hbond substituents is 1. The maximum atomic E-state index is 14.0. The summed E-state index contributed by atoms with van der Waals surface area (Å²) < 4.78 is 27.2. The molecule has 0 saturated carbocycles. The van der Waals surface area contributed by atoms with Gasteiger partial charge < -0.3 is 5.11 Å². The summed E-state index contributed by atoms with van der Waals surface area (Å²) in [6.45, 7) is 1.86. The fraction of sp³-hybridized carbons (Fsp3) is 0.0435. The van der Waals surface area contributed by atoms with Crippen LogP contribution in [0.4, 0.5) is 8.78 Å². The number of hydrogen-bond donors (Lipinski definition) is 1. The Bertz CT molecular complexity index is 1230. The zero-order chi connectivity index (χ0) is 19.8. The van der Waals surface area contributed by atoms with Gasteiger partial charge in [0.25, 0.3) is 0 Å². The molecule has 0 bridgehead atoms. The van der Waals surface area contributed by atoms with Gasteiger partial charge in [-0.2, -0.15) is 0 Å². The zero-order valence-electron chi connectivity index (χ0n) is 14.9. The predicted octanol–water partition coefficient (Wildman–Crippen LogP) is 5.43. The molecule has 0 unspecified atom stereocenters. The zero-order valence-corrected chi connectivity index (χ0v) is 14.9. The van der Waals surface area contributed by atoms with Crippen molar-refractivity contribution in [3.8, 4) is 16.9 Å². The van der Waals surface area contributed by atoms with Gasteiger partial charge in [-0.15, -0.1) is 0 Å². The minimum Gasteiger partial charge on any atom is -0.508 e. The number of halogens is 2. The number of aromatic hydroxyl groups is 1. The first-order valence-electron chi connectivity index (χ1n) is 8.63. The molecule has 138 valence electrons. The van der Waals surface area contributed by atoms with Crippen LogP contribution in [0.25, 0.3) is 22.0 Å². The number of hydrogen-bond acceptors (Lipinski definition) is 3. The molecular weight excluding hydrogens is 360 g/mol. The summed E-state index contributed by atoms with van der Waals surface area (Å²) >= 11 is 0. The number of carbonyl (C=O) groups is 1. The Hall–Kier alpha value is -3.60. The summed E-state index contributed by atoms with van der Waals surface area (Å²) in [5, 5.41) is 10.5. The van der Waals surface area contributed by atoms with Crippen LogP contribution in [-0.4, -0.2) is 15.9 Å². The van der Waals surface area contributed by atoms with E-state index in [0.29, 0.717) is 17.0 Å². The molecule has 1 N–H and O–H groups in total. The number of aromatic nitrogens is 1. The number of rotatable bonds is 3. The lowest BCUT2D eigenvalue weighted by Gasteiger charge is -2.11. The van der Waals surface area contributed by atoms with Crippen molar-refractivity contribution in [1.82, 2.24) is 4.98 Å². The molecule has 0 aliphatic heterocycles. The molecule has 4 rings (SSSR count). The topological polar surface area (TPSA) is 50.2 Å². The number of aryl methyl sites for hydroxylation is 1. The van der Waals surface area contributed by atoms with Crippen molar-refractivity contribution in [3.05, 3.63) is 95.2 Å². The highest BCUT2D eigenvalue weighted by molar-refractivity contribution is 6.11. The Balaban J connectivity index is 1.90. The van der Waals surface area contributed by atoms with E-state index in [-0.39, 0.29) is 16.9 Å². The molecule has 0 amide bonds. The van der Waals surface area contributed by atoms with Gasteiger partial charge in [-0.1, -0.05) is 12.1 Å². The van der Waals surface area contributed by atoms with Crippen LogP contribution in [-0.2, 0) is 0 Å². The first kappa shape index (κ1) is 17.8. The highest BCUT2D eigenvalue weighted by Gasteiger charge is 2.16. The van der Waals surface area contributed by atoms with E-state index in [2.05, 4.69) is 4.98 Å². The molecule has 0 saturated heterocycles. The summed E-state index contributed by atoms with van der Waals surface area (Å²) in [6.07, 6.45) is 0. The molecule has 28 heavy (non-hydrogen) atoms. The van der Waals surface area contributed by atoms with Crippen LogP contribution >= 0.6 is 0 Å². The number of ketones is 1. The number of nitrogens with zero attached hydrogens (tertiary/aromatic N) is 1. The largest absolute Gasteiger partial charge is 0.508 e. The molecule has 0 fully saturated rings. The van der Waals surface area contributed by atoms with E-state index < -0.39 is 17.4 Å². The normalized spacial score (nSPS) is 11.0. The second-order valence-corrected chi connectivity index (χ2v) is 6.55. The van der Waals surface area contributed by atoms with E-state index in [1.807, 2.05) is 19.1 Å². The molecule has 5 heteroatoms. The predicted molar refractivity (Wildman–Crippen MR) is 103 cm³/mol. The maximum absolute atomic E-state index is 14.0. The molecular formula is C23H15F2NO2. The van der Waals surface area contributed by atoms with E-state index in [1.165, 1.54) is 0 Å². The molecule has 0 aliphatic rings. The van der Waals surface area contributed by atoms with Crippen molar-refractivity contribution in [2.24, 2.45) is 0 Å². The Labute approximate surface area is 159 Å². The monoisotopic (exact) mass is 375 g/mol. The van der Waals surface area contributed by atoms with Gasteiger partial charge in [0, 0.05) is 22.7 Å². The lowest BCUT2D eigenvalue weighted by atomic mass is 9.96. The molecule has 0 aliphatic carbocycles. The van der Waals surface area contributed by atoms with Crippen molar-refractivity contribution < 1.29 is 18.7 Å². The quantitative estimate of drug-likeness (QED) is 0.486. The molecule has 0 spiro atoms. The lowest BCUT2D eigenvalue weighted by molar-refractivity contribution is 0.103. The number of carbonyl (C=O) groups excluding carboxylic acids is 1. The Morgan fingerprint density at radius 3 is 2.54 bits per heavy atom. The lowest BCUT2D eigenvalue weighted by Crippen LogP contribution is -2.05. The van der Waals surface area contributed by atoms with Crippen molar-refractivity contribution in [3.63, 3.8) is 0 Å². The Morgan fingerprint density at radius 1 is 0.964 bits per heavy atom. The van der Waals surface area contributed by atoms with E-state index in [1.54, 1.807) is 36.4 Å². The van der Waals surface area contributed by atoms with Crippen LogP contribution in [0.15, 0.2) is 66.7 Å². The highest BCUT2D eigenvalue weighted by atomic mass is 19.1. The van der Waals surface area contributed by atoms with Gasteiger partial charge >= 0.3 is 0 Å². The molecule has 1 heterocycles. The number of pyridine rings is 1. The summed E-state index contributed by atoms with van der Waals surface area (Å²) in [5.41, 5.74) is 3.11. The molecule has 4 aromatic rings. The number of fused-ring (bicyclic) bond motifs is 1. The minimum absolute atomic E-state index is 0.126. The third-order valence-electron chi connectivity index (χ3n) is 4.53. The second-order valence-electron chi connectivity index (χ2n) is 6.55. The fourth-order valence-electron chi connectivity index (χ4n) is 3.24. The minimum atomic E-state index is -0.902. The van der Waals surface area contributed by atoms with Gasteiger partial charge in [-0.3, -0.25) is 9.78 Å². The number of phenols is 1. The summed E-state index contributed by atoms with van der Waals surface area (Å²) in [4.78, 5) is 17.3. The third-order valence-corrected chi connectivity index (χ3v) is 4.53. The van der Waals surface area contributed by atoms with Gasteiger partial charge in [-0.25, -0.2) is 8.78 Å². The average Bonchev–Trinajstić information content (AvgIpc) is 2.66. The third kappa shape index (κ3) is 3.22. The van der Waals surface area contributed by atoms with Crippen LogP contribution in [0.3, 0.4) is 0 Å². The average molecular weight is 375 g/mol. The van der Waals surface area contributed by atoms with Gasteiger partial charge in [0.15, 0.2) is 5.78 Å².